The largest absolute Gasteiger partial charge is 0.487 e. The van der Waals surface area contributed by atoms with Crippen molar-refractivity contribution in [3.63, 3.8) is 0 Å². The molecule has 0 unspecified atom stereocenters. The molecule has 2 aromatic carbocycles. The Labute approximate surface area is 194 Å². The Hall–Kier alpha value is -3.75. The van der Waals surface area contributed by atoms with Crippen molar-refractivity contribution in [2.24, 2.45) is 7.05 Å². The van der Waals surface area contributed by atoms with Crippen LogP contribution in [0.15, 0.2) is 54.7 Å². The molecule has 0 spiro atoms. The number of rotatable bonds is 7. The number of benzene rings is 2. The minimum Gasteiger partial charge on any atom is -0.487 e. The summed E-state index contributed by atoms with van der Waals surface area (Å²) < 4.78 is 53.1. The molecule has 178 valence electrons. The first-order valence-electron chi connectivity index (χ1n) is 10.7. The Morgan fingerprint density at radius 3 is 2.50 bits per heavy atom. The first kappa shape index (κ1) is 23.4. The molecule has 9 heteroatoms. The van der Waals surface area contributed by atoms with E-state index in [9.17, 15) is 18.0 Å². The lowest BCUT2D eigenvalue weighted by molar-refractivity contribution is -0.143. The fourth-order valence-electron chi connectivity index (χ4n) is 3.85. The quantitative estimate of drug-likeness (QED) is 0.334. The molecule has 0 aliphatic carbocycles. The molecule has 0 fully saturated rings. The van der Waals surface area contributed by atoms with Gasteiger partial charge in [-0.3, -0.25) is 9.48 Å². The topological polar surface area (TPSA) is 58.3 Å². The maximum absolute atomic E-state index is 12.9. The third kappa shape index (κ3) is 4.78. The van der Waals surface area contributed by atoms with Gasteiger partial charge in [0.2, 0.25) is 0 Å². The molecule has 34 heavy (non-hydrogen) atoms. The fourth-order valence-corrected chi connectivity index (χ4v) is 3.85. The van der Waals surface area contributed by atoms with Gasteiger partial charge in [0.1, 0.15) is 18.9 Å². The summed E-state index contributed by atoms with van der Waals surface area (Å²) >= 11 is 0. The SMILES string of the molecule is CCOC(=O)Cn1ccc2ccc(OCc3c(C)c(-c4ccc(C(F)(F)F)cc4)nn3C)cc21. The molecule has 0 atom stereocenters. The highest BCUT2D eigenvalue weighted by molar-refractivity contribution is 5.83. The monoisotopic (exact) mass is 471 g/mol. The summed E-state index contributed by atoms with van der Waals surface area (Å²) in [5.41, 5.74) is 2.99. The number of nitrogens with zero attached hydrogens (tertiary/aromatic N) is 3. The van der Waals surface area contributed by atoms with E-state index >= 15 is 0 Å². The molecule has 0 aliphatic rings. The number of carbonyl (C=O) groups excluding carboxylic acids is 1. The zero-order valence-corrected chi connectivity index (χ0v) is 19.0. The summed E-state index contributed by atoms with van der Waals surface area (Å²) in [6.07, 6.45) is -2.55. The number of carbonyl (C=O) groups is 1. The van der Waals surface area contributed by atoms with Crippen LogP contribution in [0.5, 0.6) is 5.75 Å². The molecule has 0 saturated carbocycles. The number of hydrogen-bond donors (Lipinski definition) is 0. The molecule has 4 aromatic rings. The average Bonchev–Trinajstić information content (AvgIpc) is 3.31. The van der Waals surface area contributed by atoms with Gasteiger partial charge in [0.15, 0.2) is 0 Å². The van der Waals surface area contributed by atoms with E-state index < -0.39 is 11.7 Å². The van der Waals surface area contributed by atoms with E-state index in [1.807, 2.05) is 37.4 Å². The lowest BCUT2D eigenvalue weighted by Gasteiger charge is -2.10. The summed E-state index contributed by atoms with van der Waals surface area (Å²) in [6.45, 7) is 4.29. The molecule has 0 N–H and O–H groups in total. The van der Waals surface area contributed by atoms with Gasteiger partial charge < -0.3 is 14.0 Å². The lowest BCUT2D eigenvalue weighted by Crippen LogP contribution is -2.12. The van der Waals surface area contributed by atoms with Gasteiger partial charge in [-0.15, -0.1) is 0 Å². The smallest absolute Gasteiger partial charge is 0.416 e. The van der Waals surface area contributed by atoms with Crippen LogP contribution < -0.4 is 4.74 Å². The summed E-state index contributed by atoms with van der Waals surface area (Å²) in [5, 5.41) is 5.46. The Morgan fingerprint density at radius 2 is 1.82 bits per heavy atom. The number of hydrogen-bond acceptors (Lipinski definition) is 4. The first-order chi connectivity index (χ1) is 16.2. The van der Waals surface area contributed by atoms with E-state index in [0.717, 1.165) is 34.3 Å². The predicted molar refractivity (Wildman–Crippen MR) is 121 cm³/mol. The van der Waals surface area contributed by atoms with Crippen LogP contribution in [0, 0.1) is 6.92 Å². The number of esters is 1. The van der Waals surface area contributed by atoms with Crippen LogP contribution in [0.3, 0.4) is 0 Å². The predicted octanol–water partition coefficient (Wildman–Crippen LogP) is 5.51. The van der Waals surface area contributed by atoms with Gasteiger partial charge >= 0.3 is 12.1 Å². The third-order valence-corrected chi connectivity index (χ3v) is 5.64. The van der Waals surface area contributed by atoms with Gasteiger partial charge in [0.25, 0.3) is 0 Å². The minimum atomic E-state index is -4.38. The van der Waals surface area contributed by atoms with Crippen LogP contribution in [-0.2, 0) is 35.9 Å². The van der Waals surface area contributed by atoms with Gasteiger partial charge in [0.05, 0.1) is 29.1 Å². The summed E-state index contributed by atoms with van der Waals surface area (Å²) in [5.74, 6) is 0.306. The molecule has 6 nitrogen and oxygen atoms in total. The molecule has 4 rings (SSSR count). The van der Waals surface area contributed by atoms with Crippen molar-refractivity contribution in [1.82, 2.24) is 14.3 Å². The zero-order chi connectivity index (χ0) is 24.5. The fraction of sp³-hybridized carbons (Fsp3) is 0.280. The number of aromatic nitrogens is 3. The normalized spacial score (nSPS) is 11.7. The highest BCUT2D eigenvalue weighted by atomic mass is 19.4. The summed E-state index contributed by atoms with van der Waals surface area (Å²) in [6, 6.07) is 12.5. The highest BCUT2D eigenvalue weighted by Gasteiger charge is 2.30. The molecule has 0 radical (unpaired) electrons. The second-order valence-corrected chi connectivity index (χ2v) is 7.88. The number of fused-ring (bicyclic) bond motifs is 1. The van der Waals surface area contributed by atoms with Gasteiger partial charge in [-0.1, -0.05) is 12.1 Å². The van der Waals surface area contributed by atoms with Crippen LogP contribution in [0.4, 0.5) is 13.2 Å². The Bertz CT molecular complexity index is 1320. The Balaban J connectivity index is 1.53. The van der Waals surface area contributed by atoms with E-state index in [1.165, 1.54) is 12.1 Å². The molecule has 2 heterocycles. The summed E-state index contributed by atoms with van der Waals surface area (Å²) in [7, 11) is 1.77. The van der Waals surface area contributed by atoms with Crippen molar-refractivity contribution in [2.45, 2.75) is 33.2 Å². The van der Waals surface area contributed by atoms with E-state index in [-0.39, 0.29) is 19.1 Å². The Kier molecular flexibility index (Phi) is 6.37. The van der Waals surface area contributed by atoms with Crippen molar-refractivity contribution in [3.8, 4) is 17.0 Å². The van der Waals surface area contributed by atoms with Crippen LogP contribution >= 0.6 is 0 Å². The third-order valence-electron chi connectivity index (χ3n) is 5.64. The van der Waals surface area contributed by atoms with Crippen LogP contribution in [-0.4, -0.2) is 26.9 Å². The van der Waals surface area contributed by atoms with E-state index in [2.05, 4.69) is 5.10 Å². The lowest BCUT2D eigenvalue weighted by atomic mass is 10.0. The highest BCUT2D eigenvalue weighted by Crippen LogP contribution is 2.32. The first-order valence-corrected chi connectivity index (χ1v) is 10.7. The standard InChI is InChI=1S/C25H24F3N3O3/c1-4-33-23(32)14-31-12-11-17-7-10-20(13-21(17)31)34-15-22-16(2)24(29-30(22)3)18-5-8-19(9-6-18)25(26,27)28/h5-13H,4,14-15H2,1-3H3. The molecule has 0 saturated heterocycles. The van der Waals surface area contributed by atoms with Crippen LogP contribution in [0.2, 0.25) is 0 Å². The molecular formula is C25H24F3N3O3. The van der Waals surface area contributed by atoms with Crippen molar-refractivity contribution in [2.75, 3.05) is 6.61 Å². The van der Waals surface area contributed by atoms with E-state index in [4.69, 9.17) is 9.47 Å². The number of halogens is 3. The van der Waals surface area contributed by atoms with Gasteiger partial charge in [-0.2, -0.15) is 18.3 Å². The van der Waals surface area contributed by atoms with Crippen molar-refractivity contribution >= 4 is 16.9 Å². The van der Waals surface area contributed by atoms with Crippen molar-refractivity contribution < 1.29 is 27.4 Å². The number of ether oxygens (including phenoxy) is 2. The summed E-state index contributed by atoms with van der Waals surface area (Å²) in [4.78, 5) is 11.9. The van der Waals surface area contributed by atoms with Gasteiger partial charge in [-0.05, 0) is 49.6 Å². The maximum Gasteiger partial charge on any atom is 0.416 e. The van der Waals surface area contributed by atoms with Crippen LogP contribution in [0.1, 0.15) is 23.7 Å². The molecular weight excluding hydrogens is 447 g/mol. The molecule has 0 aliphatic heterocycles. The van der Waals surface area contributed by atoms with Crippen molar-refractivity contribution in [1.29, 1.82) is 0 Å². The number of alkyl halides is 3. The van der Waals surface area contributed by atoms with Gasteiger partial charge in [0, 0.05) is 30.4 Å². The van der Waals surface area contributed by atoms with Crippen molar-refractivity contribution in [3.05, 3.63) is 71.5 Å². The maximum atomic E-state index is 12.9. The second kappa shape index (κ2) is 9.24. The zero-order valence-electron chi connectivity index (χ0n) is 19.0. The van der Waals surface area contributed by atoms with E-state index in [0.29, 0.717) is 23.6 Å². The molecule has 2 aromatic heterocycles. The second-order valence-electron chi connectivity index (χ2n) is 7.88. The Morgan fingerprint density at radius 1 is 1.09 bits per heavy atom. The molecule has 0 bridgehead atoms. The average molecular weight is 471 g/mol. The minimum absolute atomic E-state index is 0.109. The number of aryl methyl sites for hydroxylation is 1. The van der Waals surface area contributed by atoms with Crippen LogP contribution in [0.25, 0.3) is 22.2 Å². The van der Waals surface area contributed by atoms with Gasteiger partial charge in [-0.25, -0.2) is 0 Å². The van der Waals surface area contributed by atoms with E-state index in [1.54, 1.807) is 23.2 Å². The molecule has 0 amide bonds.